The lowest BCUT2D eigenvalue weighted by molar-refractivity contribution is -0.140. The quantitative estimate of drug-likeness (QED) is 0.306. The van der Waals surface area contributed by atoms with E-state index in [9.17, 15) is 9.59 Å². The normalized spacial score (nSPS) is 13.0. The molecular weight excluding hydrogens is 218 g/mol. The molecule has 4 nitrogen and oxygen atoms in total. The molecule has 0 saturated carbocycles. The summed E-state index contributed by atoms with van der Waals surface area (Å²) < 4.78 is 4.54. The molecule has 1 unspecified atom stereocenters. The minimum atomic E-state index is -0.347. The van der Waals surface area contributed by atoms with Crippen LogP contribution in [0.25, 0.3) is 0 Å². The number of carbonyl (C=O) groups is 2. The first-order valence-corrected chi connectivity index (χ1v) is 5.79. The molecule has 0 rings (SSSR count). The smallest absolute Gasteiger partial charge is 0.305 e. The fourth-order valence-corrected chi connectivity index (χ4v) is 1.32. The number of rotatable bonds is 8. The van der Waals surface area contributed by atoms with Gasteiger partial charge in [-0.25, -0.2) is 0 Å². The highest BCUT2D eigenvalue weighted by atomic mass is 16.5. The van der Waals surface area contributed by atoms with E-state index in [1.54, 1.807) is 13.0 Å². The van der Waals surface area contributed by atoms with Gasteiger partial charge in [0.05, 0.1) is 13.0 Å². The molecule has 0 aliphatic rings. The third kappa shape index (κ3) is 7.44. The molecule has 17 heavy (non-hydrogen) atoms. The van der Waals surface area contributed by atoms with Crippen LogP contribution in [0.1, 0.15) is 39.5 Å². The van der Waals surface area contributed by atoms with Gasteiger partial charge in [0.25, 0.3) is 0 Å². The van der Waals surface area contributed by atoms with Crippen molar-refractivity contribution in [3.05, 3.63) is 11.6 Å². The second-order valence-electron chi connectivity index (χ2n) is 4.15. The average molecular weight is 239 g/mol. The van der Waals surface area contributed by atoms with Crippen LogP contribution in [-0.2, 0) is 14.3 Å². The monoisotopic (exact) mass is 239 g/mol. The third-order valence-electron chi connectivity index (χ3n) is 2.53. The zero-order valence-electron chi connectivity index (χ0n) is 10.8. The Morgan fingerprint density at radius 2 is 1.94 bits per heavy atom. The molecular formula is C13H21NO3. The molecule has 1 N–H and O–H groups in total. The summed E-state index contributed by atoms with van der Waals surface area (Å²) in [4.78, 5) is 21.3. The van der Waals surface area contributed by atoms with Crippen LogP contribution in [0.5, 0.6) is 0 Å². The van der Waals surface area contributed by atoms with Crippen molar-refractivity contribution in [3.63, 3.8) is 0 Å². The summed E-state index contributed by atoms with van der Waals surface area (Å²) in [6.45, 7) is 3.64. The first-order valence-electron chi connectivity index (χ1n) is 5.79. The summed E-state index contributed by atoms with van der Waals surface area (Å²) in [6, 6.07) is 0. The van der Waals surface area contributed by atoms with Gasteiger partial charge in [0.1, 0.15) is 6.29 Å². The topological polar surface area (TPSA) is 67.2 Å². The number of hydrogen-bond donors (Lipinski definition) is 1. The molecule has 0 bridgehead atoms. The van der Waals surface area contributed by atoms with Crippen molar-refractivity contribution in [2.24, 2.45) is 5.92 Å². The van der Waals surface area contributed by atoms with Crippen molar-refractivity contribution in [1.29, 1.82) is 5.41 Å². The zero-order valence-corrected chi connectivity index (χ0v) is 10.8. The number of carbonyl (C=O) groups excluding carboxylic acids is 2. The van der Waals surface area contributed by atoms with Crippen molar-refractivity contribution in [1.82, 2.24) is 0 Å². The summed E-state index contributed by atoms with van der Waals surface area (Å²) >= 11 is 0. The lowest BCUT2D eigenvalue weighted by atomic mass is 10.0. The highest BCUT2D eigenvalue weighted by Crippen LogP contribution is 2.10. The van der Waals surface area contributed by atoms with Crippen molar-refractivity contribution in [2.45, 2.75) is 39.5 Å². The van der Waals surface area contributed by atoms with Gasteiger partial charge in [-0.1, -0.05) is 12.5 Å². The number of aldehydes is 1. The maximum atomic E-state index is 10.9. The van der Waals surface area contributed by atoms with E-state index in [2.05, 4.69) is 4.74 Å². The molecule has 0 aromatic carbocycles. The Bertz CT molecular complexity index is 308. The number of allylic oxidation sites excluding steroid dienone is 2. The summed E-state index contributed by atoms with van der Waals surface area (Å²) in [6.07, 6.45) is 5.45. The third-order valence-corrected chi connectivity index (χ3v) is 2.53. The van der Waals surface area contributed by atoms with E-state index >= 15 is 0 Å². The molecule has 0 spiro atoms. The number of ether oxygens (including phenoxy) is 1. The Kier molecular flexibility index (Phi) is 7.93. The lowest BCUT2D eigenvalue weighted by Crippen LogP contribution is -2.08. The van der Waals surface area contributed by atoms with E-state index in [0.29, 0.717) is 12.1 Å². The summed E-state index contributed by atoms with van der Waals surface area (Å²) in [5.41, 5.74) is 1.40. The second kappa shape index (κ2) is 8.67. The van der Waals surface area contributed by atoms with Gasteiger partial charge < -0.3 is 14.9 Å². The molecule has 0 radical (unpaired) electrons. The number of nitrogens with one attached hydrogen (secondary N) is 1. The predicted octanol–water partition coefficient (Wildman–Crippen LogP) is 2.52. The Morgan fingerprint density at radius 1 is 1.35 bits per heavy atom. The fraction of sp³-hybridized carbons (Fsp3) is 0.615. The number of unbranched alkanes of at least 4 members (excludes halogenated alkanes) is 1. The Hall–Kier alpha value is -1.45. The Labute approximate surface area is 103 Å². The van der Waals surface area contributed by atoms with E-state index in [1.807, 2.05) is 6.92 Å². The molecule has 0 aliphatic heterocycles. The molecule has 0 saturated heterocycles. The van der Waals surface area contributed by atoms with Crippen molar-refractivity contribution >= 4 is 18.0 Å². The molecule has 0 aromatic rings. The number of hydrogen-bond acceptors (Lipinski definition) is 4. The van der Waals surface area contributed by atoms with Crippen molar-refractivity contribution in [3.8, 4) is 0 Å². The minimum Gasteiger partial charge on any atom is -0.469 e. The van der Waals surface area contributed by atoms with Crippen LogP contribution in [0.3, 0.4) is 0 Å². The number of esters is 1. The first kappa shape index (κ1) is 15.6. The van der Waals surface area contributed by atoms with Gasteiger partial charge >= 0.3 is 5.97 Å². The van der Waals surface area contributed by atoms with Crippen LogP contribution in [-0.4, -0.2) is 25.1 Å². The predicted molar refractivity (Wildman–Crippen MR) is 67.2 cm³/mol. The average Bonchev–Trinajstić information content (AvgIpc) is 2.32. The lowest BCUT2D eigenvalue weighted by Gasteiger charge is -2.04. The summed E-state index contributed by atoms with van der Waals surface area (Å²) in [5, 5.41) is 7.62. The largest absolute Gasteiger partial charge is 0.469 e. The highest BCUT2D eigenvalue weighted by Gasteiger charge is 2.05. The minimum absolute atomic E-state index is 0.186. The van der Waals surface area contributed by atoms with Gasteiger partial charge in [-0.3, -0.25) is 4.79 Å². The van der Waals surface area contributed by atoms with Gasteiger partial charge in [0.15, 0.2) is 0 Å². The SMILES string of the molecule is COC(=O)CCCC/C(C)=C/C(=N)C(C)C=O. The highest BCUT2D eigenvalue weighted by molar-refractivity contribution is 6.02. The maximum Gasteiger partial charge on any atom is 0.305 e. The van der Waals surface area contributed by atoms with E-state index in [0.717, 1.165) is 31.1 Å². The molecule has 0 heterocycles. The maximum absolute atomic E-state index is 10.9. The molecule has 0 amide bonds. The van der Waals surface area contributed by atoms with Crippen LogP contribution < -0.4 is 0 Å². The van der Waals surface area contributed by atoms with Crippen LogP contribution in [0, 0.1) is 11.3 Å². The van der Waals surface area contributed by atoms with Crippen molar-refractivity contribution in [2.75, 3.05) is 7.11 Å². The summed E-state index contributed by atoms with van der Waals surface area (Å²) in [5.74, 6) is -0.533. The van der Waals surface area contributed by atoms with E-state index < -0.39 is 0 Å². The van der Waals surface area contributed by atoms with Gasteiger partial charge in [-0.2, -0.15) is 0 Å². The van der Waals surface area contributed by atoms with Crippen LogP contribution in [0.2, 0.25) is 0 Å². The molecule has 0 fully saturated rings. The van der Waals surface area contributed by atoms with E-state index in [4.69, 9.17) is 5.41 Å². The zero-order chi connectivity index (χ0) is 13.3. The van der Waals surface area contributed by atoms with E-state index in [-0.39, 0.29) is 11.9 Å². The standard InChI is InChI=1S/C13H21NO3/c1-10(8-12(14)11(2)9-15)6-4-5-7-13(16)17-3/h8-9,11,14H,4-7H2,1-3H3/b10-8+,14-12?. The van der Waals surface area contributed by atoms with Gasteiger partial charge in [-0.15, -0.1) is 0 Å². The van der Waals surface area contributed by atoms with Gasteiger partial charge in [0.2, 0.25) is 0 Å². The second-order valence-corrected chi connectivity index (χ2v) is 4.15. The van der Waals surface area contributed by atoms with Gasteiger partial charge in [-0.05, 0) is 32.3 Å². The van der Waals surface area contributed by atoms with Crippen LogP contribution in [0.15, 0.2) is 11.6 Å². The summed E-state index contributed by atoms with van der Waals surface area (Å²) in [7, 11) is 1.38. The molecule has 0 aromatic heterocycles. The Balaban J connectivity index is 3.89. The molecule has 4 heteroatoms. The fourth-order valence-electron chi connectivity index (χ4n) is 1.32. The van der Waals surface area contributed by atoms with E-state index in [1.165, 1.54) is 7.11 Å². The van der Waals surface area contributed by atoms with Crippen LogP contribution >= 0.6 is 0 Å². The van der Waals surface area contributed by atoms with Crippen molar-refractivity contribution < 1.29 is 14.3 Å². The van der Waals surface area contributed by atoms with Gasteiger partial charge in [0, 0.05) is 12.1 Å². The number of methoxy groups -OCH3 is 1. The molecule has 0 aliphatic carbocycles. The van der Waals surface area contributed by atoms with Crippen LogP contribution in [0.4, 0.5) is 0 Å². The molecule has 1 atom stereocenters. The molecule has 96 valence electrons. The first-order chi connectivity index (χ1) is 8.01. The Morgan fingerprint density at radius 3 is 2.47 bits per heavy atom.